The Bertz CT molecular complexity index is 607. The van der Waals surface area contributed by atoms with Crippen molar-refractivity contribution in [1.29, 1.82) is 0 Å². The van der Waals surface area contributed by atoms with Crippen molar-refractivity contribution in [3.63, 3.8) is 0 Å². The number of hydrogen-bond acceptors (Lipinski definition) is 10. The number of rotatable bonds is 17. The van der Waals surface area contributed by atoms with Crippen molar-refractivity contribution in [1.82, 2.24) is 4.90 Å². The van der Waals surface area contributed by atoms with Crippen molar-refractivity contribution in [2.45, 2.75) is 75.0 Å². The molecule has 0 saturated heterocycles. The first-order chi connectivity index (χ1) is 14.8. The van der Waals surface area contributed by atoms with Gasteiger partial charge in [0.15, 0.2) is 12.2 Å². The van der Waals surface area contributed by atoms with E-state index in [1.807, 2.05) is 0 Å². The van der Waals surface area contributed by atoms with Gasteiger partial charge in [0.25, 0.3) is 5.91 Å². The molecule has 0 fully saturated rings. The van der Waals surface area contributed by atoms with E-state index in [1.165, 1.54) is 0 Å². The number of aliphatic hydroxyl groups is 4. The van der Waals surface area contributed by atoms with Gasteiger partial charge in [0.2, 0.25) is 5.91 Å². The van der Waals surface area contributed by atoms with E-state index in [1.54, 1.807) is 0 Å². The van der Waals surface area contributed by atoms with Crippen molar-refractivity contribution in [3.8, 4) is 0 Å². The molecular formula is C18H34N4O10. The first-order valence-electron chi connectivity index (χ1n) is 10.1. The number of aliphatic hydroxyl groups excluding tert-OH is 4. The van der Waals surface area contributed by atoms with E-state index in [0.717, 1.165) is 4.90 Å². The summed E-state index contributed by atoms with van der Waals surface area (Å²) in [6, 6.07) is -2.15. The van der Waals surface area contributed by atoms with Crippen LogP contribution in [-0.4, -0.2) is 109 Å². The smallest absolute Gasteiger partial charge is 0.320 e. The van der Waals surface area contributed by atoms with Crippen LogP contribution in [-0.2, 0) is 19.2 Å². The van der Waals surface area contributed by atoms with E-state index in [0.29, 0.717) is 25.7 Å². The van der Waals surface area contributed by atoms with Gasteiger partial charge < -0.3 is 52.7 Å². The van der Waals surface area contributed by atoms with Gasteiger partial charge in [0.1, 0.15) is 24.3 Å². The molecule has 0 aliphatic carbocycles. The molecule has 0 rings (SSSR count). The maximum Gasteiger partial charge on any atom is 0.320 e. The second-order valence-corrected chi connectivity index (χ2v) is 7.48. The van der Waals surface area contributed by atoms with Crippen LogP contribution >= 0.6 is 0 Å². The van der Waals surface area contributed by atoms with E-state index in [2.05, 4.69) is 0 Å². The number of hydrogen-bond donors (Lipinski definition) is 9. The first kappa shape index (κ1) is 29.6. The van der Waals surface area contributed by atoms with Gasteiger partial charge in [-0.1, -0.05) is 0 Å². The second-order valence-electron chi connectivity index (χ2n) is 7.48. The highest BCUT2D eigenvalue weighted by Crippen LogP contribution is 2.12. The first-order valence-corrected chi connectivity index (χ1v) is 10.1. The van der Waals surface area contributed by atoms with E-state index in [9.17, 15) is 39.6 Å². The number of carbonyl (C=O) groups is 4. The molecule has 12 N–H and O–H groups in total. The average Bonchev–Trinajstić information content (AvgIpc) is 2.74. The highest BCUT2D eigenvalue weighted by atomic mass is 16.4. The maximum atomic E-state index is 12.6. The van der Waals surface area contributed by atoms with Gasteiger partial charge in [0.05, 0.1) is 0 Å². The summed E-state index contributed by atoms with van der Waals surface area (Å²) in [6.07, 6.45) is -7.28. The summed E-state index contributed by atoms with van der Waals surface area (Å²) in [5.74, 6) is -4.72. The zero-order chi connectivity index (χ0) is 25.0. The lowest BCUT2D eigenvalue weighted by Crippen LogP contribution is -2.54. The molecule has 14 nitrogen and oxygen atoms in total. The molecule has 0 aliphatic rings. The molecule has 0 aromatic rings. The highest BCUT2D eigenvalue weighted by molar-refractivity contribution is 5.82. The van der Waals surface area contributed by atoms with Crippen LogP contribution in [0, 0.1) is 0 Å². The summed E-state index contributed by atoms with van der Waals surface area (Å²) in [5, 5.41) is 56.9. The Morgan fingerprint density at radius 1 is 0.688 bits per heavy atom. The largest absolute Gasteiger partial charge is 0.480 e. The van der Waals surface area contributed by atoms with Crippen LogP contribution in [0.3, 0.4) is 0 Å². The Morgan fingerprint density at radius 2 is 1.06 bits per heavy atom. The van der Waals surface area contributed by atoms with Gasteiger partial charge in [-0.05, 0) is 38.5 Å². The molecule has 0 aliphatic heterocycles. The van der Waals surface area contributed by atoms with E-state index < -0.39 is 60.3 Å². The SMILES string of the molecule is NC(=O)[C@@H](O)[C@@H](O)[C@H](O)[C@@H](O)C(=O)N(CCCC[C@H](N)C(=O)O)CCCC[C@H](N)C(=O)O. The van der Waals surface area contributed by atoms with Gasteiger partial charge in [-0.3, -0.25) is 19.2 Å². The van der Waals surface area contributed by atoms with Gasteiger partial charge in [0, 0.05) is 13.1 Å². The lowest BCUT2D eigenvalue weighted by atomic mass is 10.0. The molecule has 0 radical (unpaired) electrons. The molecule has 186 valence electrons. The third-order valence-corrected chi connectivity index (χ3v) is 4.87. The Balaban J connectivity index is 5.03. The number of carbonyl (C=O) groups excluding carboxylic acids is 2. The lowest BCUT2D eigenvalue weighted by molar-refractivity contribution is -0.160. The normalized spacial score (nSPS) is 16.9. The number of nitrogens with zero attached hydrogens (tertiary/aromatic N) is 1. The zero-order valence-electron chi connectivity index (χ0n) is 17.6. The van der Waals surface area contributed by atoms with Crippen molar-refractivity contribution in [2.75, 3.05) is 13.1 Å². The van der Waals surface area contributed by atoms with Crippen molar-refractivity contribution < 1.29 is 49.8 Å². The van der Waals surface area contributed by atoms with Gasteiger partial charge in [-0.2, -0.15) is 0 Å². The topological polar surface area (TPSA) is 271 Å². The molecule has 0 aromatic heterocycles. The summed E-state index contributed by atoms with van der Waals surface area (Å²) >= 11 is 0. The average molecular weight is 466 g/mol. The number of carboxylic acid groups (broad SMARTS) is 2. The van der Waals surface area contributed by atoms with Gasteiger partial charge >= 0.3 is 11.9 Å². The molecule has 32 heavy (non-hydrogen) atoms. The lowest BCUT2D eigenvalue weighted by Gasteiger charge is -2.30. The number of unbranched alkanes of at least 4 members (excludes halogenated alkanes) is 2. The maximum absolute atomic E-state index is 12.6. The number of carboxylic acids is 2. The Labute approximate surface area is 184 Å². The fourth-order valence-corrected chi connectivity index (χ4v) is 2.79. The fraction of sp³-hybridized carbons (Fsp3) is 0.778. The van der Waals surface area contributed by atoms with Crippen LogP contribution in [0.5, 0.6) is 0 Å². The zero-order valence-corrected chi connectivity index (χ0v) is 17.6. The molecule has 0 heterocycles. The molecule has 14 heteroatoms. The minimum atomic E-state index is -2.21. The minimum absolute atomic E-state index is 0.0361. The number of primary amides is 1. The van der Waals surface area contributed by atoms with Gasteiger partial charge in [-0.25, -0.2) is 0 Å². The van der Waals surface area contributed by atoms with Crippen LogP contribution in [0.2, 0.25) is 0 Å². The van der Waals surface area contributed by atoms with Crippen LogP contribution in [0.4, 0.5) is 0 Å². The van der Waals surface area contributed by atoms with Crippen molar-refractivity contribution in [2.24, 2.45) is 17.2 Å². The molecule has 0 bridgehead atoms. The standard InChI is InChI=1S/C18H34N4O10/c19-9(17(29)30)5-1-3-7-22(8-4-2-6-10(20)18(31)32)16(28)14(26)12(24)11(23)13(25)15(21)27/h9-14,23-26H,1-8,19-20H2,(H2,21,27)(H,29,30)(H,31,32)/t9-,10-,11-,12-,13-,14+/m0/s1. The van der Waals surface area contributed by atoms with Crippen LogP contribution in [0.15, 0.2) is 0 Å². The quantitative estimate of drug-likeness (QED) is 0.0925. The van der Waals surface area contributed by atoms with Gasteiger partial charge in [-0.15, -0.1) is 0 Å². The Kier molecular flexibility index (Phi) is 13.6. The fourth-order valence-electron chi connectivity index (χ4n) is 2.79. The summed E-state index contributed by atoms with van der Waals surface area (Å²) in [5.41, 5.74) is 15.7. The van der Waals surface area contributed by atoms with E-state index in [4.69, 9.17) is 27.4 Å². The van der Waals surface area contributed by atoms with E-state index in [-0.39, 0.29) is 25.9 Å². The van der Waals surface area contributed by atoms with Crippen LogP contribution in [0.25, 0.3) is 0 Å². The summed E-state index contributed by atoms with van der Waals surface area (Å²) < 4.78 is 0. The second kappa shape index (κ2) is 14.7. The minimum Gasteiger partial charge on any atom is -0.480 e. The highest BCUT2D eigenvalue weighted by Gasteiger charge is 2.38. The number of aliphatic carboxylic acids is 2. The monoisotopic (exact) mass is 466 g/mol. The predicted molar refractivity (Wildman–Crippen MR) is 109 cm³/mol. The Hall–Kier alpha value is -2.36. The molecule has 0 spiro atoms. The molecular weight excluding hydrogens is 432 g/mol. The Morgan fingerprint density at radius 3 is 1.41 bits per heavy atom. The summed E-state index contributed by atoms with van der Waals surface area (Å²) in [6.45, 7) is 0.0722. The van der Waals surface area contributed by atoms with Crippen LogP contribution < -0.4 is 17.2 Å². The summed E-state index contributed by atoms with van der Waals surface area (Å²) in [7, 11) is 0. The number of nitrogens with two attached hydrogens (primary N) is 3. The molecule has 0 saturated carbocycles. The molecule has 0 aromatic carbocycles. The van der Waals surface area contributed by atoms with Crippen LogP contribution in [0.1, 0.15) is 38.5 Å². The van der Waals surface area contributed by atoms with Crippen molar-refractivity contribution in [3.05, 3.63) is 0 Å². The molecule has 0 unspecified atom stereocenters. The predicted octanol–water partition coefficient (Wildman–Crippen LogP) is -4.09. The molecule has 2 amide bonds. The summed E-state index contributed by atoms with van der Waals surface area (Å²) in [4.78, 5) is 46.2. The van der Waals surface area contributed by atoms with Crippen molar-refractivity contribution >= 4 is 23.8 Å². The number of amides is 2. The third kappa shape index (κ3) is 10.3. The van der Waals surface area contributed by atoms with E-state index >= 15 is 0 Å². The third-order valence-electron chi connectivity index (χ3n) is 4.87. The molecule has 6 atom stereocenters.